The molecule has 0 radical (unpaired) electrons. The van der Waals surface area contributed by atoms with Crippen molar-refractivity contribution in [2.24, 2.45) is 0 Å². The summed E-state index contributed by atoms with van der Waals surface area (Å²) >= 11 is 0. The molecule has 0 aliphatic rings. The Kier molecular flexibility index (Phi) is 6.69. The van der Waals surface area contributed by atoms with Gasteiger partial charge in [0.25, 0.3) is 5.91 Å². The van der Waals surface area contributed by atoms with Gasteiger partial charge in [-0.05, 0) is 56.7 Å². The van der Waals surface area contributed by atoms with Crippen LogP contribution >= 0.6 is 0 Å². The van der Waals surface area contributed by atoms with Crippen LogP contribution < -0.4 is 19.5 Å². The highest BCUT2D eigenvalue weighted by atomic mass is 16.5. The topological polar surface area (TPSA) is 56.8 Å². The zero-order valence-corrected chi connectivity index (χ0v) is 15.2. The summed E-state index contributed by atoms with van der Waals surface area (Å²) in [5.74, 6) is 1.89. The largest absolute Gasteiger partial charge is 0.497 e. The Bertz CT molecular complexity index is 715. The van der Waals surface area contributed by atoms with Crippen molar-refractivity contribution >= 4 is 5.91 Å². The Balaban J connectivity index is 2.15. The van der Waals surface area contributed by atoms with Crippen molar-refractivity contribution in [2.45, 2.75) is 26.8 Å². The first-order valence-electron chi connectivity index (χ1n) is 8.43. The van der Waals surface area contributed by atoms with Gasteiger partial charge in [-0.3, -0.25) is 4.79 Å². The van der Waals surface area contributed by atoms with Crippen molar-refractivity contribution in [1.82, 2.24) is 5.32 Å². The van der Waals surface area contributed by atoms with Gasteiger partial charge >= 0.3 is 0 Å². The maximum absolute atomic E-state index is 12.5. The smallest absolute Gasteiger partial charge is 0.251 e. The number of carbonyl (C=O) groups is 1. The van der Waals surface area contributed by atoms with Crippen molar-refractivity contribution in [2.75, 3.05) is 20.3 Å². The lowest BCUT2D eigenvalue weighted by Crippen LogP contribution is -2.26. The van der Waals surface area contributed by atoms with E-state index < -0.39 is 0 Å². The first-order valence-corrected chi connectivity index (χ1v) is 8.43. The molecule has 1 N–H and O–H groups in total. The SMILES string of the molecule is CCOc1ccc([C@H](C)NC(=O)c2cccc(OC)c2)cc1OCC. The Morgan fingerprint density at radius 3 is 2.44 bits per heavy atom. The van der Waals surface area contributed by atoms with Gasteiger partial charge in [-0.15, -0.1) is 0 Å². The highest BCUT2D eigenvalue weighted by Gasteiger charge is 2.14. The molecule has 0 saturated carbocycles. The van der Waals surface area contributed by atoms with Crippen LogP contribution in [-0.2, 0) is 0 Å². The summed E-state index contributed by atoms with van der Waals surface area (Å²) in [4.78, 5) is 12.5. The summed E-state index contributed by atoms with van der Waals surface area (Å²) in [5.41, 5.74) is 1.50. The second-order valence-corrected chi connectivity index (χ2v) is 5.50. The predicted molar refractivity (Wildman–Crippen MR) is 97.7 cm³/mol. The van der Waals surface area contributed by atoms with E-state index in [0.717, 1.165) is 5.56 Å². The zero-order chi connectivity index (χ0) is 18.2. The molecule has 134 valence electrons. The highest BCUT2D eigenvalue weighted by molar-refractivity contribution is 5.94. The minimum Gasteiger partial charge on any atom is -0.497 e. The summed E-state index contributed by atoms with van der Waals surface area (Å²) in [6.45, 7) is 6.91. The number of benzene rings is 2. The minimum atomic E-state index is -0.173. The summed E-state index contributed by atoms with van der Waals surface area (Å²) in [6.07, 6.45) is 0. The Morgan fingerprint density at radius 1 is 1.04 bits per heavy atom. The second kappa shape index (κ2) is 8.97. The molecule has 0 aliphatic carbocycles. The van der Waals surface area contributed by atoms with E-state index in [9.17, 15) is 4.79 Å². The molecule has 0 aliphatic heterocycles. The number of methoxy groups -OCH3 is 1. The van der Waals surface area contributed by atoms with Crippen molar-refractivity contribution in [1.29, 1.82) is 0 Å². The van der Waals surface area contributed by atoms with E-state index in [1.165, 1.54) is 0 Å². The first kappa shape index (κ1) is 18.6. The molecule has 1 atom stereocenters. The fourth-order valence-corrected chi connectivity index (χ4v) is 2.46. The maximum atomic E-state index is 12.5. The fraction of sp³-hybridized carbons (Fsp3) is 0.350. The first-order chi connectivity index (χ1) is 12.1. The van der Waals surface area contributed by atoms with Gasteiger partial charge in [-0.25, -0.2) is 0 Å². The third-order valence-electron chi connectivity index (χ3n) is 3.75. The molecule has 2 aromatic carbocycles. The van der Waals surface area contributed by atoms with Crippen molar-refractivity contribution < 1.29 is 19.0 Å². The fourth-order valence-electron chi connectivity index (χ4n) is 2.46. The molecule has 25 heavy (non-hydrogen) atoms. The van der Waals surface area contributed by atoms with Gasteiger partial charge in [-0.1, -0.05) is 12.1 Å². The van der Waals surface area contributed by atoms with Crippen LogP contribution in [0.4, 0.5) is 0 Å². The number of rotatable bonds is 8. The predicted octanol–water partition coefficient (Wildman–Crippen LogP) is 3.98. The van der Waals surface area contributed by atoms with E-state index in [1.807, 2.05) is 39.0 Å². The monoisotopic (exact) mass is 343 g/mol. The lowest BCUT2D eigenvalue weighted by molar-refractivity contribution is 0.0939. The minimum absolute atomic E-state index is 0.154. The molecule has 0 aromatic heterocycles. The highest BCUT2D eigenvalue weighted by Crippen LogP contribution is 2.30. The van der Waals surface area contributed by atoms with E-state index in [0.29, 0.717) is 36.0 Å². The second-order valence-electron chi connectivity index (χ2n) is 5.50. The van der Waals surface area contributed by atoms with E-state index in [1.54, 1.807) is 31.4 Å². The molecule has 1 amide bonds. The van der Waals surface area contributed by atoms with E-state index in [-0.39, 0.29) is 11.9 Å². The molecule has 0 spiro atoms. The molecule has 0 unspecified atom stereocenters. The van der Waals surface area contributed by atoms with E-state index in [2.05, 4.69) is 5.32 Å². The molecule has 5 nitrogen and oxygen atoms in total. The summed E-state index contributed by atoms with van der Waals surface area (Å²) < 4.78 is 16.4. The van der Waals surface area contributed by atoms with Crippen LogP contribution in [0, 0.1) is 0 Å². The quantitative estimate of drug-likeness (QED) is 0.787. The van der Waals surface area contributed by atoms with Crippen LogP contribution in [-0.4, -0.2) is 26.2 Å². The van der Waals surface area contributed by atoms with Gasteiger partial charge < -0.3 is 19.5 Å². The zero-order valence-electron chi connectivity index (χ0n) is 15.2. The maximum Gasteiger partial charge on any atom is 0.251 e. The van der Waals surface area contributed by atoms with Gasteiger partial charge in [0.1, 0.15) is 5.75 Å². The van der Waals surface area contributed by atoms with Gasteiger partial charge in [0.2, 0.25) is 0 Å². The van der Waals surface area contributed by atoms with Crippen molar-refractivity contribution in [3.8, 4) is 17.2 Å². The lowest BCUT2D eigenvalue weighted by Gasteiger charge is -2.17. The van der Waals surface area contributed by atoms with Gasteiger partial charge in [0, 0.05) is 5.56 Å². The molecule has 2 rings (SSSR count). The van der Waals surface area contributed by atoms with Crippen LogP contribution in [0.3, 0.4) is 0 Å². The summed E-state index contributed by atoms with van der Waals surface area (Å²) in [7, 11) is 1.58. The third-order valence-corrected chi connectivity index (χ3v) is 3.75. The molecule has 0 bridgehead atoms. The van der Waals surface area contributed by atoms with Crippen LogP contribution in [0.15, 0.2) is 42.5 Å². The Morgan fingerprint density at radius 2 is 1.76 bits per heavy atom. The molecule has 5 heteroatoms. The van der Waals surface area contributed by atoms with E-state index >= 15 is 0 Å². The number of hydrogen-bond acceptors (Lipinski definition) is 4. The van der Waals surface area contributed by atoms with Crippen LogP contribution in [0.1, 0.15) is 42.7 Å². The van der Waals surface area contributed by atoms with Crippen molar-refractivity contribution in [3.63, 3.8) is 0 Å². The molecular formula is C20H25NO4. The number of carbonyl (C=O) groups excluding carboxylic acids is 1. The van der Waals surface area contributed by atoms with Crippen LogP contribution in [0.25, 0.3) is 0 Å². The normalized spacial score (nSPS) is 11.5. The number of hydrogen-bond donors (Lipinski definition) is 1. The number of amides is 1. The molecule has 0 saturated heterocycles. The number of nitrogens with one attached hydrogen (secondary N) is 1. The Labute approximate surface area is 148 Å². The summed E-state index contributed by atoms with van der Waals surface area (Å²) in [6, 6.07) is 12.6. The third kappa shape index (κ3) is 4.89. The average molecular weight is 343 g/mol. The summed E-state index contributed by atoms with van der Waals surface area (Å²) in [5, 5.41) is 2.99. The van der Waals surface area contributed by atoms with Gasteiger partial charge in [-0.2, -0.15) is 0 Å². The Hall–Kier alpha value is -2.69. The lowest BCUT2D eigenvalue weighted by atomic mass is 10.1. The van der Waals surface area contributed by atoms with Crippen LogP contribution in [0.5, 0.6) is 17.2 Å². The number of ether oxygens (including phenoxy) is 3. The average Bonchev–Trinajstić information content (AvgIpc) is 2.63. The van der Waals surface area contributed by atoms with Gasteiger partial charge in [0.15, 0.2) is 11.5 Å². The molecule has 2 aromatic rings. The molecule has 0 fully saturated rings. The van der Waals surface area contributed by atoms with Crippen LogP contribution in [0.2, 0.25) is 0 Å². The standard InChI is InChI=1S/C20H25NO4/c1-5-24-18-11-10-15(13-19(18)25-6-2)14(3)21-20(22)16-8-7-9-17(12-16)23-4/h7-14H,5-6H2,1-4H3,(H,21,22)/t14-/m0/s1. The molecule has 0 heterocycles. The van der Waals surface area contributed by atoms with Crippen molar-refractivity contribution in [3.05, 3.63) is 53.6 Å². The molecular weight excluding hydrogens is 318 g/mol. The van der Waals surface area contributed by atoms with Gasteiger partial charge in [0.05, 0.1) is 26.4 Å². The van der Waals surface area contributed by atoms with E-state index in [4.69, 9.17) is 14.2 Å².